The monoisotopic (exact) mass is 433 g/mol. The summed E-state index contributed by atoms with van der Waals surface area (Å²) in [6.45, 7) is 7.38. The van der Waals surface area contributed by atoms with Crippen LogP contribution in [0.1, 0.15) is 37.8 Å². The zero-order valence-corrected chi connectivity index (χ0v) is 18.5. The number of benzene rings is 2. The largest absolute Gasteiger partial charge is 0.483 e. The van der Waals surface area contributed by atoms with Gasteiger partial charge in [0.25, 0.3) is 6.47 Å². The van der Waals surface area contributed by atoms with E-state index in [4.69, 9.17) is 14.6 Å². The van der Waals surface area contributed by atoms with Crippen molar-refractivity contribution in [2.75, 3.05) is 26.3 Å². The highest BCUT2D eigenvalue weighted by Gasteiger charge is 2.42. The van der Waals surface area contributed by atoms with Crippen LogP contribution >= 0.6 is 12.4 Å². The fourth-order valence-corrected chi connectivity index (χ4v) is 4.18. The van der Waals surface area contributed by atoms with Crippen LogP contribution in [-0.2, 0) is 19.7 Å². The van der Waals surface area contributed by atoms with Gasteiger partial charge in [0.2, 0.25) is 0 Å². The van der Waals surface area contributed by atoms with Crippen molar-refractivity contribution in [3.05, 3.63) is 71.8 Å². The highest BCUT2D eigenvalue weighted by Crippen LogP contribution is 2.39. The fraction of sp³-hybridized carbons (Fsp3) is 0.417. The van der Waals surface area contributed by atoms with Gasteiger partial charge < -0.3 is 9.84 Å². The van der Waals surface area contributed by atoms with Gasteiger partial charge in [-0.05, 0) is 24.5 Å². The molecule has 2 aromatic rings. The molecule has 0 saturated carbocycles. The number of hydrogen-bond acceptors (Lipinski definition) is 4. The predicted molar refractivity (Wildman–Crippen MR) is 121 cm³/mol. The van der Waals surface area contributed by atoms with E-state index < -0.39 is 5.41 Å². The molecule has 1 heterocycles. The number of carbonyl (C=O) groups excluding carboxylic acids is 1. The maximum Gasteiger partial charge on any atom is 0.290 e. The Morgan fingerprint density at radius 1 is 1.07 bits per heavy atom. The summed E-state index contributed by atoms with van der Waals surface area (Å²) >= 11 is 0. The summed E-state index contributed by atoms with van der Waals surface area (Å²) in [4.78, 5) is 24.2. The molecule has 164 valence electrons. The first-order chi connectivity index (χ1) is 14.1. The molecule has 1 aliphatic rings. The lowest BCUT2D eigenvalue weighted by Gasteiger charge is -2.40. The number of morpholine rings is 1. The third-order valence-electron chi connectivity index (χ3n) is 5.60. The van der Waals surface area contributed by atoms with Gasteiger partial charge >= 0.3 is 0 Å². The van der Waals surface area contributed by atoms with Gasteiger partial charge in [-0.2, -0.15) is 0 Å². The number of hydrogen-bond donors (Lipinski definition) is 1. The van der Waals surface area contributed by atoms with Crippen LogP contribution in [0.2, 0.25) is 0 Å². The molecule has 1 unspecified atom stereocenters. The van der Waals surface area contributed by atoms with Crippen molar-refractivity contribution in [2.45, 2.75) is 38.1 Å². The van der Waals surface area contributed by atoms with E-state index in [1.165, 1.54) is 0 Å². The van der Waals surface area contributed by atoms with E-state index in [-0.39, 0.29) is 24.7 Å². The molecule has 0 radical (unpaired) electrons. The van der Waals surface area contributed by atoms with E-state index in [0.29, 0.717) is 12.5 Å². The Morgan fingerprint density at radius 2 is 1.50 bits per heavy atom. The second-order valence-electron chi connectivity index (χ2n) is 7.22. The van der Waals surface area contributed by atoms with Crippen molar-refractivity contribution in [1.29, 1.82) is 0 Å². The minimum atomic E-state index is -0.602. The van der Waals surface area contributed by atoms with Crippen molar-refractivity contribution in [2.24, 2.45) is 0 Å². The van der Waals surface area contributed by atoms with Gasteiger partial charge in [-0.15, -0.1) is 12.4 Å². The van der Waals surface area contributed by atoms with E-state index in [1.807, 2.05) is 43.3 Å². The summed E-state index contributed by atoms with van der Waals surface area (Å²) in [5.41, 5.74) is 1.59. The first-order valence-electron chi connectivity index (χ1n) is 10.1. The predicted octanol–water partition coefficient (Wildman–Crippen LogP) is 4.19. The topological polar surface area (TPSA) is 66.8 Å². The third kappa shape index (κ3) is 6.14. The van der Waals surface area contributed by atoms with Crippen LogP contribution in [0, 0.1) is 0 Å². The number of halogens is 1. The van der Waals surface area contributed by atoms with Crippen LogP contribution in [0.4, 0.5) is 0 Å². The molecule has 6 heteroatoms. The molecule has 1 aliphatic heterocycles. The number of ether oxygens (including phenoxy) is 1. The SMILES string of the molecule is CCC(=O)C(CC(C)N1CCOCC1)(c1ccccc1)c1ccccc1.Cl.O=CO. The molecule has 5 nitrogen and oxygen atoms in total. The molecule has 1 fully saturated rings. The second kappa shape index (κ2) is 13.2. The molecule has 0 aliphatic carbocycles. The molecule has 30 heavy (non-hydrogen) atoms. The van der Waals surface area contributed by atoms with E-state index in [0.717, 1.165) is 43.9 Å². The molecular formula is C24H32ClNO4. The maximum absolute atomic E-state index is 13.4. The standard InChI is InChI=1S/C23H29NO2.CH2O2.ClH/c1-3-22(25)23(20-10-6-4-7-11-20,21-12-8-5-9-13-21)18-19(2)24-14-16-26-17-15-24;2-1-3;/h4-13,19H,3,14-18H2,1-2H3;1H,(H,2,3);1H. The minimum Gasteiger partial charge on any atom is -0.483 e. The average molecular weight is 434 g/mol. The number of rotatable bonds is 7. The van der Waals surface area contributed by atoms with Crippen molar-refractivity contribution in [1.82, 2.24) is 4.90 Å². The van der Waals surface area contributed by atoms with Crippen LogP contribution in [0.15, 0.2) is 60.7 Å². The number of carboxylic acid groups (broad SMARTS) is 1. The highest BCUT2D eigenvalue weighted by atomic mass is 35.5. The van der Waals surface area contributed by atoms with Crippen LogP contribution in [-0.4, -0.2) is 54.6 Å². The van der Waals surface area contributed by atoms with Gasteiger partial charge in [-0.1, -0.05) is 67.6 Å². The molecular weight excluding hydrogens is 402 g/mol. The summed E-state index contributed by atoms with van der Waals surface area (Å²) in [5.74, 6) is 0.287. The van der Waals surface area contributed by atoms with Crippen LogP contribution < -0.4 is 0 Å². The Labute approximate surface area is 185 Å². The lowest BCUT2D eigenvalue weighted by molar-refractivity contribution is -0.124. The van der Waals surface area contributed by atoms with Gasteiger partial charge in [-0.3, -0.25) is 14.5 Å². The minimum absolute atomic E-state index is 0. The second-order valence-corrected chi connectivity index (χ2v) is 7.22. The van der Waals surface area contributed by atoms with E-state index in [1.54, 1.807) is 0 Å². The van der Waals surface area contributed by atoms with Gasteiger partial charge in [0.1, 0.15) is 5.78 Å². The van der Waals surface area contributed by atoms with E-state index >= 15 is 0 Å². The molecule has 1 atom stereocenters. The zero-order chi connectivity index (χ0) is 21.1. The van der Waals surface area contributed by atoms with Crippen molar-refractivity contribution < 1.29 is 19.4 Å². The van der Waals surface area contributed by atoms with Crippen LogP contribution in [0.25, 0.3) is 0 Å². The average Bonchev–Trinajstić information content (AvgIpc) is 2.79. The van der Waals surface area contributed by atoms with Gasteiger partial charge in [0.15, 0.2) is 0 Å². The molecule has 3 rings (SSSR count). The molecule has 0 spiro atoms. The maximum atomic E-state index is 13.4. The van der Waals surface area contributed by atoms with Crippen LogP contribution in [0.3, 0.4) is 0 Å². The normalized spacial score (nSPS) is 15.1. The number of nitrogens with zero attached hydrogens (tertiary/aromatic N) is 1. The molecule has 0 amide bonds. The molecule has 0 aromatic heterocycles. The zero-order valence-electron chi connectivity index (χ0n) is 17.7. The number of ketones is 1. The lowest BCUT2D eigenvalue weighted by Crippen LogP contribution is -2.48. The quantitative estimate of drug-likeness (QED) is 0.663. The Kier molecular flexibility index (Phi) is 11.3. The summed E-state index contributed by atoms with van der Waals surface area (Å²) in [6, 6.07) is 20.9. The Bertz CT molecular complexity index is 709. The molecule has 1 saturated heterocycles. The van der Waals surface area contributed by atoms with Crippen molar-refractivity contribution in [3.63, 3.8) is 0 Å². The summed E-state index contributed by atoms with van der Waals surface area (Å²) in [6.07, 6.45) is 1.31. The molecule has 1 N–H and O–H groups in total. The molecule has 0 bridgehead atoms. The van der Waals surface area contributed by atoms with Gasteiger partial charge in [-0.25, -0.2) is 0 Å². The Balaban J connectivity index is 0.00000106. The lowest BCUT2D eigenvalue weighted by atomic mass is 9.67. The van der Waals surface area contributed by atoms with Crippen molar-refractivity contribution in [3.8, 4) is 0 Å². The highest BCUT2D eigenvalue weighted by molar-refractivity contribution is 5.93. The van der Waals surface area contributed by atoms with Crippen LogP contribution in [0.5, 0.6) is 0 Å². The first-order valence-corrected chi connectivity index (χ1v) is 10.1. The molecule has 2 aromatic carbocycles. The number of Topliss-reactive ketones (excluding diaryl/α,β-unsaturated/α-hetero) is 1. The summed E-state index contributed by atoms with van der Waals surface area (Å²) in [5, 5.41) is 6.89. The van der Waals surface area contributed by atoms with Crippen molar-refractivity contribution >= 4 is 24.7 Å². The van der Waals surface area contributed by atoms with E-state index in [2.05, 4.69) is 36.1 Å². The van der Waals surface area contributed by atoms with E-state index in [9.17, 15) is 4.79 Å². The Hall–Kier alpha value is -2.21. The summed E-state index contributed by atoms with van der Waals surface area (Å²) in [7, 11) is 0. The van der Waals surface area contributed by atoms with Gasteiger partial charge in [0.05, 0.1) is 18.6 Å². The first kappa shape index (κ1) is 25.8. The number of carbonyl (C=O) groups is 2. The van der Waals surface area contributed by atoms with Gasteiger partial charge in [0, 0.05) is 25.6 Å². The smallest absolute Gasteiger partial charge is 0.290 e. The fourth-order valence-electron chi connectivity index (χ4n) is 4.18. The summed E-state index contributed by atoms with van der Waals surface area (Å²) < 4.78 is 5.51. The third-order valence-corrected chi connectivity index (χ3v) is 5.60. The Morgan fingerprint density at radius 3 is 1.90 bits per heavy atom.